The maximum atomic E-state index is 14.1. The Labute approximate surface area is 255 Å². The number of para-hydroxylation sites is 1. The second kappa shape index (κ2) is 11.7. The van der Waals surface area contributed by atoms with Crippen molar-refractivity contribution < 1.29 is 19.4 Å². The lowest BCUT2D eigenvalue weighted by atomic mass is 9.98. The SMILES string of the molecule is Cc1nn(C)c(C)c1-c1cccc2c(CCCOc3cccc4ccccc34)c(C(=O)N(C)c3cccc(C(=O)O)c3)[nH]c12. The summed E-state index contributed by atoms with van der Waals surface area (Å²) in [6, 6.07) is 26.7. The fraction of sp³-hybridized carbons (Fsp3) is 0.194. The van der Waals surface area contributed by atoms with Gasteiger partial charge in [-0.2, -0.15) is 5.10 Å². The van der Waals surface area contributed by atoms with Crippen molar-refractivity contribution in [2.45, 2.75) is 26.7 Å². The molecule has 0 unspecified atom stereocenters. The molecule has 0 aliphatic heterocycles. The van der Waals surface area contributed by atoms with Crippen LogP contribution in [0.3, 0.4) is 0 Å². The quantitative estimate of drug-likeness (QED) is 0.173. The Hall–Kier alpha value is -5.37. The highest BCUT2D eigenvalue weighted by atomic mass is 16.5. The number of aryl methyl sites for hydroxylation is 3. The average Bonchev–Trinajstić information content (AvgIpc) is 3.53. The number of carbonyl (C=O) groups excluding carboxylic acids is 1. The minimum Gasteiger partial charge on any atom is -0.493 e. The molecule has 2 aromatic heterocycles. The maximum Gasteiger partial charge on any atom is 0.335 e. The van der Waals surface area contributed by atoms with Crippen molar-refractivity contribution in [1.82, 2.24) is 14.8 Å². The number of anilines is 1. The number of nitrogens with zero attached hydrogens (tertiary/aromatic N) is 3. The topological polar surface area (TPSA) is 100 Å². The molecular formula is C36H34N4O4. The molecule has 6 aromatic rings. The highest BCUT2D eigenvalue weighted by Crippen LogP contribution is 2.36. The van der Waals surface area contributed by atoms with Crippen LogP contribution < -0.4 is 9.64 Å². The van der Waals surface area contributed by atoms with Crippen LogP contribution in [-0.4, -0.2) is 45.4 Å². The van der Waals surface area contributed by atoms with Crippen molar-refractivity contribution in [2.75, 3.05) is 18.6 Å². The predicted octanol–water partition coefficient (Wildman–Crippen LogP) is 7.32. The smallest absolute Gasteiger partial charge is 0.335 e. The van der Waals surface area contributed by atoms with E-state index in [1.165, 1.54) is 17.0 Å². The summed E-state index contributed by atoms with van der Waals surface area (Å²) in [7, 11) is 3.59. The van der Waals surface area contributed by atoms with E-state index in [0.717, 1.165) is 55.5 Å². The molecule has 1 amide bonds. The van der Waals surface area contributed by atoms with E-state index in [4.69, 9.17) is 4.74 Å². The van der Waals surface area contributed by atoms with E-state index in [0.29, 0.717) is 30.8 Å². The Morgan fingerprint density at radius 2 is 1.68 bits per heavy atom. The van der Waals surface area contributed by atoms with Gasteiger partial charge in [0.05, 0.1) is 23.4 Å². The number of nitrogens with one attached hydrogen (secondary N) is 1. The fourth-order valence-electron chi connectivity index (χ4n) is 5.97. The number of hydrogen-bond acceptors (Lipinski definition) is 4. The Bertz CT molecular complexity index is 2030. The van der Waals surface area contributed by atoms with E-state index < -0.39 is 5.97 Å². The first-order valence-corrected chi connectivity index (χ1v) is 14.6. The van der Waals surface area contributed by atoms with Gasteiger partial charge in [-0.1, -0.05) is 60.7 Å². The van der Waals surface area contributed by atoms with E-state index in [9.17, 15) is 14.7 Å². The molecule has 0 radical (unpaired) electrons. The molecule has 6 rings (SSSR count). The molecule has 222 valence electrons. The number of aromatic nitrogens is 3. The van der Waals surface area contributed by atoms with Crippen LogP contribution in [0, 0.1) is 13.8 Å². The van der Waals surface area contributed by atoms with Crippen LogP contribution in [0.4, 0.5) is 5.69 Å². The van der Waals surface area contributed by atoms with Gasteiger partial charge in [0.1, 0.15) is 11.4 Å². The molecule has 8 nitrogen and oxygen atoms in total. The molecule has 2 N–H and O–H groups in total. The lowest BCUT2D eigenvalue weighted by molar-refractivity contribution is 0.0696. The van der Waals surface area contributed by atoms with Crippen LogP contribution >= 0.6 is 0 Å². The van der Waals surface area contributed by atoms with Gasteiger partial charge in [-0.3, -0.25) is 9.48 Å². The number of carboxylic acid groups (broad SMARTS) is 1. The van der Waals surface area contributed by atoms with Gasteiger partial charge in [-0.05, 0) is 61.9 Å². The molecule has 0 fully saturated rings. The zero-order valence-electron chi connectivity index (χ0n) is 25.2. The highest BCUT2D eigenvalue weighted by Gasteiger charge is 2.25. The normalized spacial score (nSPS) is 11.3. The van der Waals surface area contributed by atoms with Crippen LogP contribution in [0.5, 0.6) is 5.75 Å². The van der Waals surface area contributed by atoms with E-state index >= 15 is 0 Å². The number of fused-ring (bicyclic) bond motifs is 2. The number of rotatable bonds is 9. The number of H-pyrrole nitrogens is 1. The van der Waals surface area contributed by atoms with Gasteiger partial charge in [0.2, 0.25) is 0 Å². The second-order valence-electron chi connectivity index (χ2n) is 11.0. The van der Waals surface area contributed by atoms with E-state index in [2.05, 4.69) is 34.3 Å². The fourth-order valence-corrected chi connectivity index (χ4v) is 5.97. The number of ether oxygens (including phenoxy) is 1. The Morgan fingerprint density at radius 1 is 0.955 bits per heavy atom. The van der Waals surface area contributed by atoms with Crippen molar-refractivity contribution in [3.8, 4) is 16.9 Å². The summed E-state index contributed by atoms with van der Waals surface area (Å²) in [5.41, 5.74) is 6.81. The van der Waals surface area contributed by atoms with Crippen LogP contribution in [0.1, 0.15) is 44.2 Å². The third kappa shape index (κ3) is 5.19. The summed E-state index contributed by atoms with van der Waals surface area (Å²) in [5.74, 6) is -0.461. The minimum absolute atomic E-state index is 0.120. The molecular weight excluding hydrogens is 552 g/mol. The Morgan fingerprint density at radius 3 is 2.45 bits per heavy atom. The number of carbonyl (C=O) groups is 2. The molecule has 0 saturated heterocycles. The minimum atomic E-state index is -1.04. The van der Waals surface area contributed by atoms with Gasteiger partial charge in [-0.25, -0.2) is 4.79 Å². The lowest BCUT2D eigenvalue weighted by Gasteiger charge is -2.18. The van der Waals surface area contributed by atoms with Gasteiger partial charge in [0, 0.05) is 47.4 Å². The molecule has 8 heteroatoms. The van der Waals surface area contributed by atoms with Crippen molar-refractivity contribution in [3.05, 3.63) is 113 Å². The number of hydrogen-bond donors (Lipinski definition) is 2. The zero-order chi connectivity index (χ0) is 31.0. The third-order valence-electron chi connectivity index (χ3n) is 8.30. The Balaban J connectivity index is 1.37. The number of benzene rings is 4. The van der Waals surface area contributed by atoms with E-state index in [1.807, 2.05) is 62.0 Å². The second-order valence-corrected chi connectivity index (χ2v) is 11.0. The van der Waals surface area contributed by atoms with Crippen molar-refractivity contribution in [1.29, 1.82) is 0 Å². The molecule has 2 heterocycles. The largest absolute Gasteiger partial charge is 0.493 e. The van der Waals surface area contributed by atoms with E-state index in [-0.39, 0.29) is 11.5 Å². The number of aromatic amines is 1. The molecule has 0 saturated carbocycles. The molecule has 4 aromatic carbocycles. The molecule has 0 aliphatic carbocycles. The maximum absolute atomic E-state index is 14.1. The van der Waals surface area contributed by atoms with Crippen molar-refractivity contribution >= 4 is 39.2 Å². The third-order valence-corrected chi connectivity index (χ3v) is 8.30. The van der Waals surface area contributed by atoms with Gasteiger partial charge < -0.3 is 19.7 Å². The molecule has 0 aliphatic rings. The van der Waals surface area contributed by atoms with Crippen LogP contribution in [0.15, 0.2) is 84.9 Å². The summed E-state index contributed by atoms with van der Waals surface area (Å²) in [6.45, 7) is 4.51. The first-order valence-electron chi connectivity index (χ1n) is 14.6. The van der Waals surface area contributed by atoms with Gasteiger partial charge >= 0.3 is 5.97 Å². The van der Waals surface area contributed by atoms with Gasteiger partial charge in [0.15, 0.2) is 0 Å². The summed E-state index contributed by atoms with van der Waals surface area (Å²) >= 11 is 0. The summed E-state index contributed by atoms with van der Waals surface area (Å²) in [5, 5.41) is 17.3. The monoisotopic (exact) mass is 586 g/mol. The number of amides is 1. The molecule has 44 heavy (non-hydrogen) atoms. The molecule has 0 bridgehead atoms. The van der Waals surface area contributed by atoms with Crippen LogP contribution in [0.2, 0.25) is 0 Å². The van der Waals surface area contributed by atoms with Crippen molar-refractivity contribution in [2.24, 2.45) is 7.05 Å². The summed E-state index contributed by atoms with van der Waals surface area (Å²) in [6.07, 6.45) is 1.28. The average molecular weight is 587 g/mol. The molecule has 0 atom stereocenters. The number of carboxylic acids is 1. The van der Waals surface area contributed by atoms with Crippen LogP contribution in [0.25, 0.3) is 32.8 Å². The van der Waals surface area contributed by atoms with Crippen molar-refractivity contribution in [3.63, 3.8) is 0 Å². The molecule has 0 spiro atoms. The first-order chi connectivity index (χ1) is 21.2. The summed E-state index contributed by atoms with van der Waals surface area (Å²) < 4.78 is 8.11. The predicted molar refractivity (Wildman–Crippen MR) is 174 cm³/mol. The van der Waals surface area contributed by atoms with Gasteiger partial charge in [0.25, 0.3) is 5.91 Å². The first kappa shape index (κ1) is 28.7. The Kier molecular flexibility index (Phi) is 7.66. The number of aromatic carboxylic acids is 1. The van der Waals surface area contributed by atoms with E-state index in [1.54, 1.807) is 19.2 Å². The van der Waals surface area contributed by atoms with Crippen LogP contribution in [-0.2, 0) is 13.5 Å². The lowest BCUT2D eigenvalue weighted by Crippen LogP contribution is -2.27. The highest BCUT2D eigenvalue weighted by molar-refractivity contribution is 6.11. The summed E-state index contributed by atoms with van der Waals surface area (Å²) in [4.78, 5) is 30.7. The van der Waals surface area contributed by atoms with Gasteiger partial charge in [-0.15, -0.1) is 0 Å². The standard InChI is InChI=1S/C36H34N4O4/c1-22-32(23(2)40(4)38-22)30-17-9-16-28-29(18-10-20-44-31-19-8-12-24-11-5-6-15-27(24)31)34(37-33(28)30)35(41)39(3)26-14-7-13-25(21-26)36(42)43/h5-9,11-17,19,21,37H,10,18,20H2,1-4H3,(H,42,43). The zero-order valence-corrected chi connectivity index (χ0v) is 25.2.